The van der Waals surface area contributed by atoms with Gasteiger partial charge in [-0.1, -0.05) is 30.7 Å². The summed E-state index contributed by atoms with van der Waals surface area (Å²) in [5.41, 5.74) is 1.24. The lowest BCUT2D eigenvalue weighted by molar-refractivity contribution is -0.0558. The average Bonchev–Trinajstić information content (AvgIpc) is 2.17. The van der Waals surface area contributed by atoms with Crippen LogP contribution in [-0.4, -0.2) is 11.3 Å². The fourth-order valence-corrected chi connectivity index (χ4v) is 1.08. The van der Waals surface area contributed by atoms with Crippen molar-refractivity contribution in [2.24, 2.45) is 4.99 Å². The van der Waals surface area contributed by atoms with Crippen molar-refractivity contribution in [3.63, 3.8) is 0 Å². The summed E-state index contributed by atoms with van der Waals surface area (Å²) in [4.78, 5) is 3.26. The quantitative estimate of drug-likeness (QED) is 0.685. The Morgan fingerprint density at radius 2 is 1.80 bits per heavy atom. The van der Waals surface area contributed by atoms with Crippen LogP contribution in [0.15, 0.2) is 29.3 Å². The fraction of sp³-hybridized carbons (Fsp3) is 0.300. The molecule has 0 amide bonds. The van der Waals surface area contributed by atoms with E-state index in [1.165, 1.54) is 12.1 Å². The van der Waals surface area contributed by atoms with Gasteiger partial charge >= 0.3 is 6.18 Å². The average molecular weight is 236 g/mol. The highest BCUT2D eigenvalue weighted by molar-refractivity contribution is 6.67. The molecule has 1 rings (SSSR count). The van der Waals surface area contributed by atoms with Crippen molar-refractivity contribution in [2.75, 3.05) is 0 Å². The van der Waals surface area contributed by atoms with Gasteiger partial charge in [0, 0.05) is 0 Å². The van der Waals surface area contributed by atoms with E-state index in [4.69, 9.17) is 11.6 Å². The third-order valence-electron chi connectivity index (χ3n) is 1.81. The Morgan fingerprint density at radius 3 is 2.20 bits per heavy atom. The van der Waals surface area contributed by atoms with Gasteiger partial charge < -0.3 is 0 Å². The lowest BCUT2D eigenvalue weighted by atomic mass is 10.2. The molecule has 0 spiro atoms. The summed E-state index contributed by atoms with van der Waals surface area (Å²) >= 11 is 4.99. The molecule has 0 unspecified atom stereocenters. The Balaban J connectivity index is 2.89. The highest BCUT2D eigenvalue weighted by atomic mass is 35.5. The number of benzene rings is 1. The zero-order valence-electron chi connectivity index (χ0n) is 7.98. The Kier molecular flexibility index (Phi) is 3.74. The zero-order chi connectivity index (χ0) is 11.5. The van der Waals surface area contributed by atoms with Gasteiger partial charge in [-0.25, -0.2) is 4.99 Å². The maximum Gasteiger partial charge on any atom is 0.444 e. The van der Waals surface area contributed by atoms with Crippen LogP contribution in [0.4, 0.5) is 18.9 Å². The maximum atomic E-state index is 12.0. The molecule has 0 atom stereocenters. The molecule has 1 nitrogen and oxygen atoms in total. The topological polar surface area (TPSA) is 12.4 Å². The summed E-state index contributed by atoms with van der Waals surface area (Å²) in [5, 5.41) is -1.35. The van der Waals surface area contributed by atoms with E-state index in [-0.39, 0.29) is 5.69 Å². The summed E-state index contributed by atoms with van der Waals surface area (Å²) in [6.07, 6.45) is -3.75. The van der Waals surface area contributed by atoms with E-state index in [0.717, 1.165) is 12.0 Å². The molecule has 0 fully saturated rings. The SMILES string of the molecule is CCc1ccc(N=C(Cl)C(F)(F)F)cc1. The lowest BCUT2D eigenvalue weighted by Gasteiger charge is -2.03. The molecule has 0 aliphatic carbocycles. The molecule has 0 aliphatic rings. The maximum absolute atomic E-state index is 12.0. The molecule has 1 aromatic carbocycles. The first-order valence-electron chi connectivity index (χ1n) is 4.34. The van der Waals surface area contributed by atoms with Crippen LogP contribution < -0.4 is 0 Å². The lowest BCUT2D eigenvalue weighted by Crippen LogP contribution is -2.16. The molecule has 0 heterocycles. The minimum Gasteiger partial charge on any atom is -0.232 e. The fourth-order valence-electron chi connectivity index (χ4n) is 0.983. The van der Waals surface area contributed by atoms with Gasteiger partial charge in [0.15, 0.2) is 0 Å². The van der Waals surface area contributed by atoms with Gasteiger partial charge in [0.05, 0.1) is 5.69 Å². The number of hydrogen-bond donors (Lipinski definition) is 0. The Labute approximate surface area is 90.6 Å². The van der Waals surface area contributed by atoms with Crippen molar-refractivity contribution in [1.82, 2.24) is 0 Å². The first-order valence-corrected chi connectivity index (χ1v) is 4.71. The molecular formula is C10H9ClF3N. The molecule has 1 aromatic rings. The van der Waals surface area contributed by atoms with Crippen molar-refractivity contribution in [3.05, 3.63) is 29.8 Å². The Morgan fingerprint density at radius 1 is 1.27 bits per heavy atom. The molecule has 0 aromatic heterocycles. The molecule has 15 heavy (non-hydrogen) atoms. The zero-order valence-corrected chi connectivity index (χ0v) is 8.73. The van der Waals surface area contributed by atoms with Gasteiger partial charge in [-0.2, -0.15) is 13.2 Å². The molecule has 0 bridgehead atoms. The number of nitrogens with zero attached hydrogens (tertiary/aromatic N) is 1. The summed E-state index contributed by atoms with van der Waals surface area (Å²) in [6.45, 7) is 1.96. The van der Waals surface area contributed by atoms with Gasteiger partial charge in [0.2, 0.25) is 5.17 Å². The van der Waals surface area contributed by atoms with Crippen LogP contribution in [0.5, 0.6) is 0 Å². The number of aryl methyl sites for hydroxylation is 1. The van der Waals surface area contributed by atoms with Crippen LogP contribution in [0.25, 0.3) is 0 Å². The summed E-state index contributed by atoms with van der Waals surface area (Å²) < 4.78 is 36.1. The summed E-state index contributed by atoms with van der Waals surface area (Å²) in [5.74, 6) is 0. The van der Waals surface area contributed by atoms with Crippen LogP contribution in [0.3, 0.4) is 0 Å². The largest absolute Gasteiger partial charge is 0.444 e. The molecule has 0 aliphatic heterocycles. The standard InChI is InChI=1S/C10H9ClF3N/c1-2-7-3-5-8(6-4-7)15-9(11)10(12,13)14/h3-6H,2H2,1H3. The van der Waals surface area contributed by atoms with Gasteiger partial charge in [-0.15, -0.1) is 0 Å². The monoisotopic (exact) mass is 235 g/mol. The minimum absolute atomic E-state index is 0.203. The number of rotatable bonds is 2. The molecule has 0 saturated heterocycles. The van der Waals surface area contributed by atoms with Gasteiger partial charge in [0.25, 0.3) is 0 Å². The van der Waals surface area contributed by atoms with E-state index in [0.29, 0.717) is 0 Å². The van der Waals surface area contributed by atoms with Gasteiger partial charge in [-0.3, -0.25) is 0 Å². The predicted octanol–water partition coefficient (Wildman–Crippen LogP) is 4.08. The van der Waals surface area contributed by atoms with Crippen molar-refractivity contribution in [1.29, 1.82) is 0 Å². The first kappa shape index (κ1) is 12.0. The number of halogens is 4. The molecule has 0 N–H and O–H groups in total. The van der Waals surface area contributed by atoms with Crippen LogP contribution >= 0.6 is 11.6 Å². The third kappa shape index (κ3) is 3.55. The second-order valence-corrected chi connectivity index (χ2v) is 3.28. The molecule has 0 radical (unpaired) electrons. The Hall–Kier alpha value is -1.03. The molecule has 82 valence electrons. The minimum atomic E-state index is -4.58. The number of hydrogen-bond acceptors (Lipinski definition) is 1. The van der Waals surface area contributed by atoms with E-state index in [2.05, 4.69) is 4.99 Å². The van der Waals surface area contributed by atoms with Crippen LogP contribution in [0.1, 0.15) is 12.5 Å². The van der Waals surface area contributed by atoms with E-state index in [1.807, 2.05) is 6.92 Å². The summed E-state index contributed by atoms with van der Waals surface area (Å²) in [6, 6.07) is 6.46. The highest BCUT2D eigenvalue weighted by Gasteiger charge is 2.34. The van der Waals surface area contributed by atoms with Crippen molar-refractivity contribution >= 4 is 22.5 Å². The van der Waals surface area contributed by atoms with E-state index >= 15 is 0 Å². The van der Waals surface area contributed by atoms with Crippen molar-refractivity contribution in [2.45, 2.75) is 19.5 Å². The normalized spacial score (nSPS) is 13.0. The second kappa shape index (κ2) is 4.66. The smallest absolute Gasteiger partial charge is 0.232 e. The Bertz CT molecular complexity index is 354. The van der Waals surface area contributed by atoms with Crippen molar-refractivity contribution in [3.8, 4) is 0 Å². The number of alkyl halides is 3. The molecule has 0 saturated carbocycles. The van der Waals surface area contributed by atoms with Gasteiger partial charge in [-0.05, 0) is 24.1 Å². The summed E-state index contributed by atoms with van der Waals surface area (Å²) in [7, 11) is 0. The first-order chi connectivity index (χ1) is 6.93. The second-order valence-electron chi connectivity index (χ2n) is 2.92. The van der Waals surface area contributed by atoms with Gasteiger partial charge in [0.1, 0.15) is 0 Å². The molecular weight excluding hydrogens is 227 g/mol. The van der Waals surface area contributed by atoms with E-state index in [9.17, 15) is 13.2 Å². The predicted molar refractivity (Wildman–Crippen MR) is 54.8 cm³/mol. The highest BCUT2D eigenvalue weighted by Crippen LogP contribution is 2.23. The number of aliphatic imine (C=N–C) groups is 1. The van der Waals surface area contributed by atoms with E-state index < -0.39 is 11.3 Å². The third-order valence-corrected chi connectivity index (χ3v) is 2.10. The van der Waals surface area contributed by atoms with Crippen LogP contribution in [0, 0.1) is 0 Å². The van der Waals surface area contributed by atoms with Crippen LogP contribution in [-0.2, 0) is 6.42 Å². The van der Waals surface area contributed by atoms with Crippen molar-refractivity contribution < 1.29 is 13.2 Å². The molecule has 5 heteroatoms. The van der Waals surface area contributed by atoms with Crippen LogP contribution in [0.2, 0.25) is 0 Å². The van der Waals surface area contributed by atoms with E-state index in [1.54, 1.807) is 12.1 Å².